The Labute approximate surface area is 99.8 Å². The van der Waals surface area contributed by atoms with Gasteiger partial charge < -0.3 is 14.6 Å². The second-order valence-electron chi connectivity index (χ2n) is 4.30. The topological polar surface area (TPSA) is 99.1 Å². The minimum Gasteiger partial charge on any atom is -0.481 e. The lowest BCUT2D eigenvalue weighted by atomic mass is 10.1. The first-order chi connectivity index (χ1) is 7.59. The van der Waals surface area contributed by atoms with E-state index in [0.29, 0.717) is 0 Å². The van der Waals surface area contributed by atoms with E-state index in [-0.39, 0.29) is 6.61 Å². The standard InChI is InChI=1S/C9H16O7S/c1-9(2)14-5-7(15-9)6(4-8(10)11)16-17(3,12)13/h6-7H,4-5H2,1-3H3,(H,10,11). The van der Waals surface area contributed by atoms with E-state index in [9.17, 15) is 13.2 Å². The van der Waals surface area contributed by atoms with E-state index in [1.807, 2.05) is 0 Å². The summed E-state index contributed by atoms with van der Waals surface area (Å²) in [6.07, 6.45) is -1.39. The molecule has 0 bridgehead atoms. The highest BCUT2D eigenvalue weighted by Crippen LogP contribution is 2.27. The number of aliphatic carboxylic acids is 1. The molecule has 0 aromatic rings. The number of hydrogen-bond acceptors (Lipinski definition) is 6. The minimum atomic E-state index is -3.74. The van der Waals surface area contributed by atoms with Crippen LogP contribution in [0.5, 0.6) is 0 Å². The Bertz CT molecular complexity index is 386. The van der Waals surface area contributed by atoms with Gasteiger partial charge in [0.2, 0.25) is 0 Å². The van der Waals surface area contributed by atoms with Gasteiger partial charge in [0, 0.05) is 0 Å². The van der Waals surface area contributed by atoms with Crippen LogP contribution in [0.3, 0.4) is 0 Å². The second kappa shape index (κ2) is 4.89. The Morgan fingerprint density at radius 3 is 2.53 bits per heavy atom. The number of rotatable bonds is 5. The Balaban J connectivity index is 2.74. The maximum Gasteiger partial charge on any atom is 0.306 e. The Kier molecular flexibility index (Phi) is 4.13. The first kappa shape index (κ1) is 14.4. The zero-order chi connectivity index (χ0) is 13.3. The van der Waals surface area contributed by atoms with E-state index in [1.54, 1.807) is 13.8 Å². The maximum absolute atomic E-state index is 11.0. The first-order valence-corrected chi connectivity index (χ1v) is 6.82. The Morgan fingerprint density at radius 1 is 1.59 bits per heavy atom. The highest BCUT2D eigenvalue weighted by atomic mass is 32.2. The van der Waals surface area contributed by atoms with Gasteiger partial charge in [-0.2, -0.15) is 8.42 Å². The van der Waals surface area contributed by atoms with Crippen molar-refractivity contribution in [2.24, 2.45) is 0 Å². The van der Waals surface area contributed by atoms with Crippen LogP contribution in [0, 0.1) is 0 Å². The van der Waals surface area contributed by atoms with Crippen molar-refractivity contribution in [3.05, 3.63) is 0 Å². The molecule has 0 radical (unpaired) electrons. The van der Waals surface area contributed by atoms with Crippen LogP contribution >= 0.6 is 0 Å². The summed E-state index contributed by atoms with van der Waals surface area (Å²) in [7, 11) is -3.74. The summed E-state index contributed by atoms with van der Waals surface area (Å²) in [6.45, 7) is 3.41. The molecule has 0 amide bonds. The fourth-order valence-electron chi connectivity index (χ4n) is 1.52. The Hall–Kier alpha value is -0.700. The fraction of sp³-hybridized carbons (Fsp3) is 0.889. The van der Waals surface area contributed by atoms with Crippen molar-refractivity contribution in [3.63, 3.8) is 0 Å². The largest absolute Gasteiger partial charge is 0.481 e. The summed E-state index contributed by atoms with van der Waals surface area (Å²) in [5.41, 5.74) is 0. The van der Waals surface area contributed by atoms with E-state index in [4.69, 9.17) is 18.8 Å². The van der Waals surface area contributed by atoms with Crippen LogP contribution in [-0.2, 0) is 28.6 Å². The fourth-order valence-corrected chi connectivity index (χ4v) is 2.16. The molecule has 17 heavy (non-hydrogen) atoms. The van der Waals surface area contributed by atoms with Crippen molar-refractivity contribution >= 4 is 16.1 Å². The van der Waals surface area contributed by atoms with E-state index in [0.717, 1.165) is 6.26 Å². The van der Waals surface area contributed by atoms with Gasteiger partial charge in [-0.3, -0.25) is 8.98 Å². The molecule has 8 heteroatoms. The average Bonchev–Trinajstić information content (AvgIpc) is 2.41. The molecule has 1 aliphatic heterocycles. The van der Waals surface area contributed by atoms with Gasteiger partial charge >= 0.3 is 5.97 Å². The molecule has 1 saturated heterocycles. The number of hydrogen-bond donors (Lipinski definition) is 1. The van der Waals surface area contributed by atoms with Gasteiger partial charge in [0.15, 0.2) is 5.79 Å². The van der Waals surface area contributed by atoms with Crippen LogP contribution in [0.25, 0.3) is 0 Å². The third-order valence-electron chi connectivity index (χ3n) is 2.12. The van der Waals surface area contributed by atoms with Gasteiger partial charge in [0.1, 0.15) is 12.2 Å². The molecule has 2 atom stereocenters. The SMILES string of the molecule is CC1(C)OCC(C(CC(=O)O)OS(C)(=O)=O)O1. The van der Waals surface area contributed by atoms with Crippen LogP contribution < -0.4 is 0 Å². The van der Waals surface area contributed by atoms with Gasteiger partial charge in [-0.25, -0.2) is 0 Å². The number of ether oxygens (including phenoxy) is 2. The van der Waals surface area contributed by atoms with Gasteiger partial charge in [-0.05, 0) is 13.8 Å². The predicted octanol–water partition coefficient (Wildman–Crippen LogP) is -0.0426. The molecule has 0 saturated carbocycles. The Morgan fingerprint density at radius 2 is 2.18 bits per heavy atom. The molecule has 0 aromatic heterocycles. The highest BCUT2D eigenvalue weighted by Gasteiger charge is 2.40. The van der Waals surface area contributed by atoms with E-state index >= 15 is 0 Å². The number of carboxylic acid groups (broad SMARTS) is 1. The maximum atomic E-state index is 11.0. The van der Waals surface area contributed by atoms with Crippen molar-refractivity contribution in [2.45, 2.75) is 38.3 Å². The third kappa shape index (κ3) is 4.99. The van der Waals surface area contributed by atoms with Gasteiger partial charge in [-0.1, -0.05) is 0 Å². The van der Waals surface area contributed by atoms with Gasteiger partial charge in [0.25, 0.3) is 10.1 Å². The zero-order valence-corrected chi connectivity index (χ0v) is 10.7. The average molecular weight is 268 g/mol. The molecule has 7 nitrogen and oxygen atoms in total. The lowest BCUT2D eigenvalue weighted by Crippen LogP contribution is -2.36. The summed E-state index contributed by atoms with van der Waals surface area (Å²) in [5, 5.41) is 8.70. The van der Waals surface area contributed by atoms with Crippen molar-refractivity contribution in [1.29, 1.82) is 0 Å². The summed E-state index contributed by atoms with van der Waals surface area (Å²) in [6, 6.07) is 0. The lowest BCUT2D eigenvalue weighted by molar-refractivity contribution is -0.155. The molecule has 1 rings (SSSR count). The molecule has 1 heterocycles. The number of carboxylic acids is 1. The van der Waals surface area contributed by atoms with Crippen molar-refractivity contribution < 1.29 is 32.0 Å². The van der Waals surface area contributed by atoms with E-state index < -0.39 is 40.5 Å². The summed E-state index contributed by atoms with van der Waals surface area (Å²) in [5.74, 6) is -2.02. The van der Waals surface area contributed by atoms with Crippen LogP contribution in [0.4, 0.5) is 0 Å². The minimum absolute atomic E-state index is 0.0977. The monoisotopic (exact) mass is 268 g/mol. The molecule has 1 N–H and O–H groups in total. The normalized spacial score (nSPS) is 25.7. The molecule has 100 valence electrons. The predicted molar refractivity (Wildman–Crippen MR) is 56.9 cm³/mol. The molecular weight excluding hydrogens is 252 g/mol. The second-order valence-corrected chi connectivity index (χ2v) is 5.90. The van der Waals surface area contributed by atoms with Crippen LogP contribution in [0.1, 0.15) is 20.3 Å². The molecule has 2 unspecified atom stereocenters. The van der Waals surface area contributed by atoms with Gasteiger partial charge in [-0.15, -0.1) is 0 Å². The third-order valence-corrected chi connectivity index (χ3v) is 2.72. The van der Waals surface area contributed by atoms with Gasteiger partial charge in [0.05, 0.1) is 19.3 Å². The molecule has 0 aliphatic carbocycles. The summed E-state index contributed by atoms with van der Waals surface area (Å²) in [4.78, 5) is 10.6. The summed E-state index contributed by atoms with van der Waals surface area (Å²) < 4.78 is 37.4. The van der Waals surface area contributed by atoms with Crippen LogP contribution in [-0.4, -0.2) is 50.4 Å². The lowest BCUT2D eigenvalue weighted by Gasteiger charge is -2.22. The smallest absolute Gasteiger partial charge is 0.306 e. The molecule has 0 aromatic carbocycles. The van der Waals surface area contributed by atoms with Crippen molar-refractivity contribution in [1.82, 2.24) is 0 Å². The molecule has 1 aliphatic rings. The quantitative estimate of drug-likeness (QED) is 0.698. The van der Waals surface area contributed by atoms with Crippen molar-refractivity contribution in [3.8, 4) is 0 Å². The molecule has 0 spiro atoms. The van der Waals surface area contributed by atoms with E-state index in [1.165, 1.54) is 0 Å². The van der Waals surface area contributed by atoms with Crippen LogP contribution in [0.15, 0.2) is 0 Å². The molecular formula is C9H16O7S. The van der Waals surface area contributed by atoms with Crippen LogP contribution in [0.2, 0.25) is 0 Å². The number of carbonyl (C=O) groups is 1. The summed E-state index contributed by atoms with van der Waals surface area (Å²) >= 11 is 0. The zero-order valence-electron chi connectivity index (χ0n) is 9.87. The first-order valence-electron chi connectivity index (χ1n) is 5.01. The van der Waals surface area contributed by atoms with Crippen molar-refractivity contribution in [2.75, 3.05) is 12.9 Å². The van der Waals surface area contributed by atoms with E-state index in [2.05, 4.69) is 0 Å². The highest BCUT2D eigenvalue weighted by molar-refractivity contribution is 7.86. The molecule has 1 fully saturated rings.